The van der Waals surface area contributed by atoms with E-state index in [0.717, 1.165) is 34.6 Å². The summed E-state index contributed by atoms with van der Waals surface area (Å²) in [6, 6.07) is 0. The Morgan fingerprint density at radius 1 is 1.05 bits per heavy atom. The predicted molar refractivity (Wildman–Crippen MR) is 88.7 cm³/mol. The van der Waals surface area contributed by atoms with Crippen LogP contribution in [0.4, 0.5) is 0 Å². The maximum atomic E-state index is 2.73. The average Bonchev–Trinajstić information content (AvgIpc) is 2.58. The molecule has 6 bridgehead atoms. The van der Waals surface area contributed by atoms with Crippen LogP contribution >= 0.6 is 0 Å². The summed E-state index contributed by atoms with van der Waals surface area (Å²) >= 11 is 0. The molecule has 104 valence electrons. The molecule has 0 spiro atoms. The van der Waals surface area contributed by atoms with Gasteiger partial charge in [-0.05, 0) is 41.0 Å². The van der Waals surface area contributed by atoms with Gasteiger partial charge in [0.1, 0.15) is 0 Å². The van der Waals surface area contributed by atoms with Gasteiger partial charge in [-0.25, -0.2) is 0 Å². The van der Waals surface area contributed by atoms with Crippen molar-refractivity contribution in [3.05, 3.63) is 23.4 Å². The van der Waals surface area contributed by atoms with Crippen LogP contribution in [-0.2, 0) is 0 Å². The second kappa shape index (κ2) is 3.22. The van der Waals surface area contributed by atoms with Crippen molar-refractivity contribution in [3.8, 4) is 0 Å². The summed E-state index contributed by atoms with van der Waals surface area (Å²) in [7, 11) is -2.25. The Kier molecular flexibility index (Phi) is 2.14. The molecule has 6 atom stereocenters. The highest BCUT2D eigenvalue weighted by Crippen LogP contribution is 2.86. The molecule has 5 rings (SSSR count). The summed E-state index contributed by atoms with van der Waals surface area (Å²) in [4.78, 5) is 0. The summed E-state index contributed by atoms with van der Waals surface area (Å²) in [6.45, 7) is 15.7. The molecule has 0 heterocycles. The third kappa shape index (κ3) is 1.26. The second-order valence-electron chi connectivity index (χ2n) is 9.53. The fourth-order valence-electron chi connectivity index (χ4n) is 6.36. The molecule has 2 saturated carbocycles. The van der Waals surface area contributed by atoms with E-state index in [-0.39, 0.29) is 0 Å². The highest BCUT2D eigenvalue weighted by Gasteiger charge is 2.79. The molecule has 0 aliphatic heterocycles. The van der Waals surface area contributed by atoms with E-state index in [0.29, 0.717) is 0 Å². The molecule has 0 nitrogen and oxygen atoms in total. The zero-order chi connectivity index (χ0) is 13.8. The predicted octanol–water partition coefficient (Wildman–Crippen LogP) is 4.95. The van der Waals surface area contributed by atoms with Gasteiger partial charge in [0, 0.05) is 0 Å². The van der Waals surface area contributed by atoms with Crippen LogP contribution in [0.3, 0.4) is 0 Å². The van der Waals surface area contributed by atoms with E-state index in [1.165, 1.54) is 0 Å². The molecule has 0 unspecified atom stereocenters. The zero-order valence-corrected chi connectivity index (χ0v) is 15.3. The minimum Gasteiger partial charge on any atom is -0.0842 e. The average molecular weight is 289 g/mol. The normalized spacial score (nSPS) is 50.2. The number of hydrogen-bond donors (Lipinski definition) is 0. The van der Waals surface area contributed by atoms with Gasteiger partial charge in [-0.2, -0.15) is 0 Å². The standard InChI is InChI=1S/C17H28Si2/c1-18(2,3)15-9-11-7-8-13-14-10-12(11)16(15)17(13,14)19(4,5)6/h7-9,11-14,16H,10H2,1-6H3/t11-,12-,13-,14+,16+,17-/m1/s1. The maximum Gasteiger partial charge on any atom is 0.0724 e. The molecule has 0 N–H and O–H groups in total. The first kappa shape index (κ1) is 12.6. The fraction of sp³-hybridized carbons (Fsp3) is 0.765. The quantitative estimate of drug-likeness (QED) is 0.498. The lowest BCUT2D eigenvalue weighted by Crippen LogP contribution is -2.41. The molecule has 0 aromatic carbocycles. The van der Waals surface area contributed by atoms with E-state index in [1.54, 1.807) is 6.42 Å². The largest absolute Gasteiger partial charge is 0.0842 e. The van der Waals surface area contributed by atoms with Crippen LogP contribution in [0.5, 0.6) is 0 Å². The van der Waals surface area contributed by atoms with E-state index >= 15 is 0 Å². The molecule has 19 heavy (non-hydrogen) atoms. The molecule has 0 radical (unpaired) electrons. The second-order valence-corrected chi connectivity index (χ2v) is 20.0. The fourth-order valence-corrected chi connectivity index (χ4v) is 12.5. The SMILES string of the molecule is C[Si](C)(C)C1=C[C@H]2C=C[C@@H]3[C@@H]4C[C@H]2[C@@H]1[C@@]34[Si](C)(C)C. The first-order chi connectivity index (χ1) is 8.69. The van der Waals surface area contributed by atoms with Crippen LogP contribution < -0.4 is 0 Å². The Bertz CT molecular complexity index is 502. The molecule has 0 aromatic heterocycles. The Hall–Kier alpha value is -0.0862. The smallest absolute Gasteiger partial charge is 0.0724 e. The van der Waals surface area contributed by atoms with Gasteiger partial charge in [-0.15, -0.1) is 0 Å². The van der Waals surface area contributed by atoms with E-state index in [2.05, 4.69) is 57.5 Å². The Morgan fingerprint density at radius 2 is 1.74 bits per heavy atom. The molecular formula is C17H28Si2. The van der Waals surface area contributed by atoms with Crippen LogP contribution in [0.25, 0.3) is 0 Å². The van der Waals surface area contributed by atoms with Gasteiger partial charge >= 0.3 is 0 Å². The monoisotopic (exact) mass is 288 g/mol. The van der Waals surface area contributed by atoms with E-state index in [4.69, 9.17) is 0 Å². The topological polar surface area (TPSA) is 0 Å². The van der Waals surface area contributed by atoms with Crippen molar-refractivity contribution in [1.82, 2.24) is 0 Å². The van der Waals surface area contributed by atoms with Crippen LogP contribution in [0, 0.1) is 29.6 Å². The summed E-state index contributed by atoms with van der Waals surface area (Å²) in [5, 5.41) is 2.71. The Morgan fingerprint density at radius 3 is 2.32 bits per heavy atom. The van der Waals surface area contributed by atoms with Crippen LogP contribution in [0.2, 0.25) is 44.3 Å². The van der Waals surface area contributed by atoms with Gasteiger partial charge < -0.3 is 0 Å². The summed E-state index contributed by atoms with van der Waals surface area (Å²) in [5.74, 6) is 4.81. The number of hydrogen-bond acceptors (Lipinski definition) is 0. The van der Waals surface area contributed by atoms with E-state index in [9.17, 15) is 0 Å². The third-order valence-electron chi connectivity index (χ3n) is 6.87. The van der Waals surface area contributed by atoms with E-state index in [1.807, 2.05) is 5.20 Å². The van der Waals surface area contributed by atoms with Gasteiger partial charge in [0.15, 0.2) is 0 Å². The van der Waals surface area contributed by atoms with Gasteiger partial charge in [0.25, 0.3) is 0 Å². The van der Waals surface area contributed by atoms with E-state index < -0.39 is 16.1 Å². The van der Waals surface area contributed by atoms with Crippen molar-refractivity contribution >= 4 is 16.1 Å². The lowest BCUT2D eigenvalue weighted by Gasteiger charge is -2.40. The third-order valence-corrected chi connectivity index (χ3v) is 12.7. The van der Waals surface area contributed by atoms with Gasteiger partial charge in [0.2, 0.25) is 0 Å². The molecule has 2 fully saturated rings. The van der Waals surface area contributed by atoms with Gasteiger partial charge in [0.05, 0.1) is 16.1 Å². The molecular weight excluding hydrogens is 260 g/mol. The maximum absolute atomic E-state index is 2.73. The van der Waals surface area contributed by atoms with Crippen molar-refractivity contribution in [2.75, 3.05) is 0 Å². The lowest BCUT2D eigenvalue weighted by atomic mass is 9.88. The van der Waals surface area contributed by atoms with Gasteiger partial charge in [-0.1, -0.05) is 62.7 Å². The van der Waals surface area contributed by atoms with Gasteiger partial charge in [-0.3, -0.25) is 0 Å². The summed E-state index contributed by atoms with van der Waals surface area (Å²) in [6.07, 6.45) is 9.52. The molecule has 5 aliphatic rings. The first-order valence-corrected chi connectivity index (χ1v) is 15.1. The number of rotatable bonds is 2. The lowest BCUT2D eigenvalue weighted by molar-refractivity contribution is 0.371. The molecule has 2 heteroatoms. The van der Waals surface area contributed by atoms with Crippen LogP contribution in [-0.4, -0.2) is 16.1 Å². The van der Waals surface area contributed by atoms with Crippen LogP contribution in [0.1, 0.15) is 6.42 Å². The highest BCUT2D eigenvalue weighted by molar-refractivity contribution is 6.84. The van der Waals surface area contributed by atoms with Crippen molar-refractivity contribution in [2.24, 2.45) is 29.6 Å². The molecule has 0 aromatic rings. The summed E-state index contributed by atoms with van der Waals surface area (Å²) in [5.41, 5.74) is 0. The van der Waals surface area contributed by atoms with Crippen molar-refractivity contribution in [2.45, 2.75) is 50.7 Å². The zero-order valence-electron chi connectivity index (χ0n) is 13.3. The van der Waals surface area contributed by atoms with Crippen molar-refractivity contribution in [1.29, 1.82) is 0 Å². The first-order valence-electron chi connectivity index (χ1n) is 8.09. The minimum atomic E-state index is -1.14. The highest BCUT2D eigenvalue weighted by atomic mass is 28.3. The number of allylic oxidation sites excluding steroid dienone is 4. The minimum absolute atomic E-state index is 0.755. The van der Waals surface area contributed by atoms with Crippen LogP contribution in [0.15, 0.2) is 23.4 Å². The summed E-state index contributed by atoms with van der Waals surface area (Å²) < 4.78 is 0. The van der Waals surface area contributed by atoms with Crippen molar-refractivity contribution < 1.29 is 0 Å². The Balaban J connectivity index is 1.90. The molecule has 0 saturated heterocycles. The molecule has 0 amide bonds. The molecule has 5 aliphatic carbocycles. The van der Waals surface area contributed by atoms with Crippen molar-refractivity contribution in [3.63, 3.8) is 0 Å². The Labute approximate surface area is 120 Å².